The molecule has 0 unspecified atom stereocenters. The highest BCUT2D eigenvalue weighted by molar-refractivity contribution is 7.99. The molecule has 102 valence electrons. The molecule has 1 heterocycles. The van der Waals surface area contributed by atoms with Gasteiger partial charge in [-0.2, -0.15) is 5.26 Å². The van der Waals surface area contributed by atoms with Crippen molar-refractivity contribution < 1.29 is 4.74 Å². The van der Waals surface area contributed by atoms with Gasteiger partial charge in [0.2, 0.25) is 0 Å². The van der Waals surface area contributed by atoms with Crippen LogP contribution in [0.15, 0.2) is 58.7 Å². The summed E-state index contributed by atoms with van der Waals surface area (Å²) in [5.41, 5.74) is 1.49. The summed E-state index contributed by atoms with van der Waals surface area (Å²) in [5, 5.41) is 11.0. The molecule has 0 radical (unpaired) electrons. The van der Waals surface area contributed by atoms with E-state index >= 15 is 0 Å². The number of benzene rings is 2. The van der Waals surface area contributed by atoms with Gasteiger partial charge in [-0.1, -0.05) is 30.0 Å². The predicted octanol–water partition coefficient (Wildman–Crippen LogP) is 3.66. The molecule has 0 bridgehead atoms. The Balaban J connectivity index is 2.08. The normalized spacial score (nSPS) is 10.3. The average molecular weight is 293 g/mol. The Morgan fingerprint density at radius 2 is 2.00 bits per heavy atom. The first-order valence-electron chi connectivity index (χ1n) is 6.27. The number of nitriles is 1. The van der Waals surface area contributed by atoms with Gasteiger partial charge in [-0.25, -0.2) is 9.97 Å². The summed E-state index contributed by atoms with van der Waals surface area (Å²) in [4.78, 5) is 9.40. The summed E-state index contributed by atoms with van der Waals surface area (Å²) >= 11 is 1.44. The SMILES string of the molecule is COc1ccc(C#N)c(Sc2ncnc3ccccc23)c1. The van der Waals surface area contributed by atoms with Gasteiger partial charge in [0.15, 0.2) is 0 Å². The molecule has 0 amide bonds. The van der Waals surface area contributed by atoms with E-state index in [1.165, 1.54) is 18.1 Å². The first kappa shape index (κ1) is 13.4. The van der Waals surface area contributed by atoms with Gasteiger partial charge in [0.05, 0.1) is 18.2 Å². The van der Waals surface area contributed by atoms with Crippen LogP contribution in [0.3, 0.4) is 0 Å². The Bertz CT molecular complexity index is 837. The maximum atomic E-state index is 9.24. The van der Waals surface area contributed by atoms with Crippen LogP contribution >= 0.6 is 11.8 Å². The molecule has 1 aromatic heterocycles. The molecule has 0 saturated carbocycles. The molecular weight excluding hydrogens is 282 g/mol. The number of rotatable bonds is 3. The van der Waals surface area contributed by atoms with Gasteiger partial charge in [0, 0.05) is 10.3 Å². The van der Waals surface area contributed by atoms with Crippen molar-refractivity contribution in [2.45, 2.75) is 9.92 Å². The zero-order valence-corrected chi connectivity index (χ0v) is 12.1. The number of nitrogens with zero attached hydrogens (tertiary/aromatic N) is 3. The second kappa shape index (κ2) is 5.81. The minimum absolute atomic E-state index is 0.600. The van der Waals surface area contributed by atoms with Crippen LogP contribution in [-0.4, -0.2) is 17.1 Å². The quantitative estimate of drug-likeness (QED) is 0.690. The van der Waals surface area contributed by atoms with Crippen LogP contribution in [0.1, 0.15) is 5.56 Å². The molecule has 0 fully saturated rings. The van der Waals surface area contributed by atoms with Gasteiger partial charge in [-0.05, 0) is 24.3 Å². The number of hydrogen-bond acceptors (Lipinski definition) is 5. The molecule has 3 aromatic rings. The summed E-state index contributed by atoms with van der Waals surface area (Å²) < 4.78 is 5.22. The van der Waals surface area contributed by atoms with Crippen molar-refractivity contribution in [1.82, 2.24) is 9.97 Å². The Kier molecular flexibility index (Phi) is 3.71. The van der Waals surface area contributed by atoms with Crippen LogP contribution in [0.2, 0.25) is 0 Å². The molecule has 0 atom stereocenters. The maximum Gasteiger partial charge on any atom is 0.120 e. The zero-order chi connectivity index (χ0) is 14.7. The molecule has 2 aromatic carbocycles. The molecular formula is C16H11N3OS. The second-order valence-corrected chi connectivity index (χ2v) is 5.30. The van der Waals surface area contributed by atoms with Crippen molar-refractivity contribution in [2.75, 3.05) is 7.11 Å². The molecule has 0 aliphatic heterocycles. The summed E-state index contributed by atoms with van der Waals surface area (Å²) in [6.07, 6.45) is 1.54. The van der Waals surface area contributed by atoms with E-state index in [1.54, 1.807) is 19.2 Å². The molecule has 0 aliphatic rings. The minimum Gasteiger partial charge on any atom is -0.497 e. The van der Waals surface area contributed by atoms with Gasteiger partial charge in [-0.3, -0.25) is 0 Å². The number of methoxy groups -OCH3 is 1. The standard InChI is InChI=1S/C16H11N3OS/c1-20-12-7-6-11(9-17)15(8-12)21-16-13-4-2-3-5-14(13)18-10-19-16/h2-8,10H,1H3. The summed E-state index contributed by atoms with van der Waals surface area (Å²) in [7, 11) is 1.61. The fourth-order valence-corrected chi connectivity index (χ4v) is 2.96. The lowest BCUT2D eigenvalue weighted by Crippen LogP contribution is -1.89. The van der Waals surface area contributed by atoms with Crippen molar-refractivity contribution in [3.05, 3.63) is 54.4 Å². The number of para-hydroxylation sites is 1. The molecule has 0 N–H and O–H groups in total. The van der Waals surface area contributed by atoms with Crippen LogP contribution in [0.25, 0.3) is 10.9 Å². The van der Waals surface area contributed by atoms with Gasteiger partial charge in [-0.15, -0.1) is 0 Å². The first-order valence-corrected chi connectivity index (χ1v) is 7.09. The van der Waals surface area contributed by atoms with Gasteiger partial charge >= 0.3 is 0 Å². The lowest BCUT2D eigenvalue weighted by molar-refractivity contribution is 0.413. The highest BCUT2D eigenvalue weighted by Crippen LogP contribution is 2.34. The van der Waals surface area contributed by atoms with Gasteiger partial charge in [0.25, 0.3) is 0 Å². The minimum atomic E-state index is 0.600. The Morgan fingerprint density at radius 3 is 2.81 bits per heavy atom. The van der Waals surface area contributed by atoms with Crippen molar-refractivity contribution in [1.29, 1.82) is 5.26 Å². The van der Waals surface area contributed by atoms with E-state index in [4.69, 9.17) is 4.74 Å². The Hall–Kier alpha value is -2.58. The molecule has 0 saturated heterocycles. The smallest absolute Gasteiger partial charge is 0.120 e. The van der Waals surface area contributed by atoms with Crippen molar-refractivity contribution in [2.24, 2.45) is 0 Å². The van der Waals surface area contributed by atoms with E-state index in [2.05, 4.69) is 16.0 Å². The number of hydrogen-bond donors (Lipinski definition) is 0. The number of fused-ring (bicyclic) bond motifs is 1. The highest BCUT2D eigenvalue weighted by atomic mass is 32.2. The summed E-state index contributed by atoms with van der Waals surface area (Å²) in [6.45, 7) is 0. The molecule has 21 heavy (non-hydrogen) atoms. The zero-order valence-electron chi connectivity index (χ0n) is 11.3. The summed E-state index contributed by atoms with van der Waals surface area (Å²) in [5.74, 6) is 0.717. The maximum absolute atomic E-state index is 9.24. The highest BCUT2D eigenvalue weighted by Gasteiger charge is 2.10. The fourth-order valence-electron chi connectivity index (χ4n) is 1.97. The molecule has 5 heteroatoms. The molecule has 0 spiro atoms. The van der Waals surface area contributed by atoms with E-state index in [0.717, 1.165) is 26.6 Å². The number of aromatic nitrogens is 2. The topological polar surface area (TPSA) is 58.8 Å². The largest absolute Gasteiger partial charge is 0.497 e. The van der Waals surface area contributed by atoms with Crippen LogP contribution in [-0.2, 0) is 0 Å². The number of ether oxygens (including phenoxy) is 1. The van der Waals surface area contributed by atoms with Crippen LogP contribution in [0, 0.1) is 11.3 Å². The van der Waals surface area contributed by atoms with E-state index < -0.39 is 0 Å². The lowest BCUT2D eigenvalue weighted by atomic mass is 10.2. The molecule has 3 rings (SSSR count). The van der Waals surface area contributed by atoms with E-state index in [1.807, 2.05) is 30.3 Å². The van der Waals surface area contributed by atoms with E-state index in [9.17, 15) is 5.26 Å². The molecule has 0 aliphatic carbocycles. The van der Waals surface area contributed by atoms with E-state index in [-0.39, 0.29) is 0 Å². The summed E-state index contributed by atoms with van der Waals surface area (Å²) in [6, 6.07) is 15.4. The van der Waals surface area contributed by atoms with Crippen LogP contribution in [0.4, 0.5) is 0 Å². The third kappa shape index (κ3) is 2.67. The average Bonchev–Trinajstić information content (AvgIpc) is 2.55. The third-order valence-corrected chi connectivity index (χ3v) is 4.10. The van der Waals surface area contributed by atoms with Crippen molar-refractivity contribution >= 4 is 22.7 Å². The van der Waals surface area contributed by atoms with Crippen LogP contribution in [0.5, 0.6) is 5.75 Å². The third-order valence-electron chi connectivity index (χ3n) is 3.02. The predicted molar refractivity (Wildman–Crippen MR) is 81.4 cm³/mol. The second-order valence-electron chi connectivity index (χ2n) is 4.27. The van der Waals surface area contributed by atoms with Crippen molar-refractivity contribution in [3.8, 4) is 11.8 Å². The lowest BCUT2D eigenvalue weighted by Gasteiger charge is -2.07. The van der Waals surface area contributed by atoms with E-state index in [0.29, 0.717) is 5.56 Å². The van der Waals surface area contributed by atoms with Gasteiger partial charge in [0.1, 0.15) is 23.2 Å². The molecule has 4 nitrogen and oxygen atoms in total. The van der Waals surface area contributed by atoms with Crippen molar-refractivity contribution in [3.63, 3.8) is 0 Å². The van der Waals surface area contributed by atoms with Crippen LogP contribution < -0.4 is 4.74 Å². The first-order chi connectivity index (χ1) is 10.3. The van der Waals surface area contributed by atoms with Gasteiger partial charge < -0.3 is 4.74 Å². The Morgan fingerprint density at radius 1 is 1.14 bits per heavy atom. The monoisotopic (exact) mass is 293 g/mol. The fraction of sp³-hybridized carbons (Fsp3) is 0.0625. The Labute approximate surface area is 126 Å².